The molecule has 2 rings (SSSR count). The van der Waals surface area contributed by atoms with Gasteiger partial charge in [-0.05, 0) is 47.5 Å². The molecule has 3 N–H and O–H groups in total. The molecule has 0 radical (unpaired) electrons. The minimum atomic E-state index is -0.125. The van der Waals surface area contributed by atoms with Gasteiger partial charge < -0.3 is 4.42 Å². The Kier molecular flexibility index (Phi) is 3.66. The zero-order valence-electron chi connectivity index (χ0n) is 9.83. The minimum Gasteiger partial charge on any atom is -0.452 e. The van der Waals surface area contributed by atoms with Crippen LogP contribution in [0.3, 0.4) is 0 Å². The molecule has 0 aliphatic rings. The van der Waals surface area contributed by atoms with Crippen molar-refractivity contribution in [3.8, 4) is 0 Å². The summed E-state index contributed by atoms with van der Waals surface area (Å²) in [5.74, 6) is 6.42. The highest BCUT2D eigenvalue weighted by Gasteiger charge is 2.16. The summed E-state index contributed by atoms with van der Waals surface area (Å²) in [5, 5.41) is 0. The number of rotatable bonds is 3. The van der Waals surface area contributed by atoms with E-state index in [0.29, 0.717) is 4.67 Å². The molecule has 1 aromatic heterocycles. The number of hydrogen-bond acceptors (Lipinski definition) is 3. The minimum absolute atomic E-state index is 0.125. The molecular weight excluding hydrogens is 280 g/mol. The van der Waals surface area contributed by atoms with Crippen molar-refractivity contribution in [2.45, 2.75) is 19.9 Å². The molecule has 1 aromatic carbocycles. The van der Waals surface area contributed by atoms with Crippen LogP contribution in [0.1, 0.15) is 28.5 Å². The molecule has 0 amide bonds. The summed E-state index contributed by atoms with van der Waals surface area (Å²) in [6.45, 7) is 4.14. The maximum Gasteiger partial charge on any atom is 0.169 e. The summed E-state index contributed by atoms with van der Waals surface area (Å²) in [6, 6.07) is 9.99. The smallest absolute Gasteiger partial charge is 0.169 e. The molecule has 1 unspecified atom stereocenters. The van der Waals surface area contributed by atoms with Crippen molar-refractivity contribution in [1.29, 1.82) is 0 Å². The van der Waals surface area contributed by atoms with Gasteiger partial charge in [0.1, 0.15) is 11.8 Å². The van der Waals surface area contributed by atoms with E-state index >= 15 is 0 Å². The maximum atomic E-state index is 5.62. The first-order chi connectivity index (χ1) is 8.10. The summed E-state index contributed by atoms with van der Waals surface area (Å²) in [7, 11) is 0. The van der Waals surface area contributed by atoms with Gasteiger partial charge in [0.2, 0.25) is 0 Å². The number of halogens is 1. The van der Waals surface area contributed by atoms with E-state index in [2.05, 4.69) is 53.4 Å². The molecule has 3 nitrogen and oxygen atoms in total. The number of nitrogens with two attached hydrogens (primary N) is 1. The number of aryl methyl sites for hydroxylation is 2. The lowest BCUT2D eigenvalue weighted by atomic mass is 10.0. The summed E-state index contributed by atoms with van der Waals surface area (Å²) in [4.78, 5) is 0. The second kappa shape index (κ2) is 5.04. The fourth-order valence-corrected chi connectivity index (χ4v) is 2.32. The Morgan fingerprint density at radius 1 is 1.18 bits per heavy atom. The van der Waals surface area contributed by atoms with E-state index in [1.807, 2.05) is 12.1 Å². The predicted molar refractivity (Wildman–Crippen MR) is 71.5 cm³/mol. The summed E-state index contributed by atoms with van der Waals surface area (Å²) < 4.78 is 6.25. The van der Waals surface area contributed by atoms with Crippen LogP contribution in [0.4, 0.5) is 0 Å². The Bertz CT molecular complexity index is 502. The van der Waals surface area contributed by atoms with Gasteiger partial charge in [-0.15, -0.1) is 0 Å². The molecule has 1 heterocycles. The van der Waals surface area contributed by atoms with E-state index in [1.165, 1.54) is 11.1 Å². The topological polar surface area (TPSA) is 51.2 Å². The van der Waals surface area contributed by atoms with Gasteiger partial charge in [-0.3, -0.25) is 5.84 Å². The third-order valence-electron chi connectivity index (χ3n) is 2.62. The van der Waals surface area contributed by atoms with Crippen LogP contribution in [0, 0.1) is 13.8 Å². The molecule has 0 fully saturated rings. The largest absolute Gasteiger partial charge is 0.452 e. The van der Waals surface area contributed by atoms with Gasteiger partial charge in [0, 0.05) is 0 Å². The average molecular weight is 295 g/mol. The van der Waals surface area contributed by atoms with Gasteiger partial charge in [0.15, 0.2) is 4.67 Å². The van der Waals surface area contributed by atoms with E-state index < -0.39 is 0 Å². The Labute approximate surface area is 109 Å². The molecule has 0 aliphatic heterocycles. The predicted octanol–water partition coefficient (Wildman–Crippen LogP) is 3.21. The van der Waals surface area contributed by atoms with Crippen LogP contribution in [0.5, 0.6) is 0 Å². The third kappa shape index (κ3) is 2.77. The molecule has 4 heteroatoms. The molecule has 90 valence electrons. The lowest BCUT2D eigenvalue weighted by Gasteiger charge is -2.15. The molecule has 0 aliphatic carbocycles. The first kappa shape index (κ1) is 12.4. The standard InChI is InChI=1S/C13H15BrN2O/c1-8-5-9(2)7-10(6-8)13(16-15)11-3-4-12(14)17-11/h3-7,13,16H,15H2,1-2H3. The number of nitrogens with one attached hydrogen (secondary N) is 1. The van der Waals surface area contributed by atoms with E-state index in [0.717, 1.165) is 11.3 Å². The molecule has 1 atom stereocenters. The fraction of sp³-hybridized carbons (Fsp3) is 0.231. The third-order valence-corrected chi connectivity index (χ3v) is 3.05. The Hall–Kier alpha value is -1.10. The van der Waals surface area contributed by atoms with Crippen LogP contribution in [0.15, 0.2) is 39.4 Å². The molecule has 0 saturated heterocycles. The number of furan rings is 1. The van der Waals surface area contributed by atoms with Gasteiger partial charge >= 0.3 is 0 Å². The summed E-state index contributed by atoms with van der Waals surface area (Å²) >= 11 is 3.30. The van der Waals surface area contributed by atoms with Crippen molar-refractivity contribution in [3.05, 3.63) is 57.5 Å². The summed E-state index contributed by atoms with van der Waals surface area (Å²) in [5.41, 5.74) is 6.32. The van der Waals surface area contributed by atoms with E-state index in [1.54, 1.807) is 0 Å². The van der Waals surface area contributed by atoms with E-state index in [4.69, 9.17) is 10.3 Å². The quantitative estimate of drug-likeness (QED) is 0.675. The lowest BCUT2D eigenvalue weighted by molar-refractivity contribution is 0.437. The Morgan fingerprint density at radius 3 is 2.29 bits per heavy atom. The number of hydrazine groups is 1. The van der Waals surface area contributed by atoms with Crippen LogP contribution < -0.4 is 11.3 Å². The fourth-order valence-electron chi connectivity index (χ4n) is 2.00. The van der Waals surface area contributed by atoms with E-state index in [-0.39, 0.29) is 6.04 Å². The lowest BCUT2D eigenvalue weighted by Crippen LogP contribution is -2.28. The van der Waals surface area contributed by atoms with E-state index in [9.17, 15) is 0 Å². The monoisotopic (exact) mass is 294 g/mol. The Morgan fingerprint density at radius 2 is 1.82 bits per heavy atom. The summed E-state index contributed by atoms with van der Waals surface area (Å²) in [6.07, 6.45) is 0. The van der Waals surface area contributed by atoms with Crippen molar-refractivity contribution in [2.75, 3.05) is 0 Å². The van der Waals surface area contributed by atoms with Crippen molar-refractivity contribution < 1.29 is 4.42 Å². The first-order valence-corrected chi connectivity index (χ1v) is 6.19. The SMILES string of the molecule is Cc1cc(C)cc(C(NN)c2ccc(Br)o2)c1. The highest BCUT2D eigenvalue weighted by Crippen LogP contribution is 2.26. The molecule has 2 aromatic rings. The second-order valence-corrected chi connectivity index (χ2v) is 4.94. The van der Waals surface area contributed by atoms with Gasteiger partial charge in [-0.1, -0.05) is 29.3 Å². The molecule has 0 bridgehead atoms. The molecule has 17 heavy (non-hydrogen) atoms. The van der Waals surface area contributed by atoms with Crippen LogP contribution in [-0.4, -0.2) is 0 Å². The highest BCUT2D eigenvalue weighted by atomic mass is 79.9. The zero-order valence-corrected chi connectivity index (χ0v) is 11.4. The zero-order chi connectivity index (χ0) is 12.4. The first-order valence-electron chi connectivity index (χ1n) is 5.39. The van der Waals surface area contributed by atoms with Crippen molar-refractivity contribution in [2.24, 2.45) is 5.84 Å². The number of hydrogen-bond donors (Lipinski definition) is 2. The molecule has 0 saturated carbocycles. The second-order valence-electron chi connectivity index (χ2n) is 4.16. The van der Waals surface area contributed by atoms with Crippen molar-refractivity contribution in [3.63, 3.8) is 0 Å². The van der Waals surface area contributed by atoms with Crippen LogP contribution in [0.2, 0.25) is 0 Å². The number of benzene rings is 1. The van der Waals surface area contributed by atoms with Crippen LogP contribution in [0.25, 0.3) is 0 Å². The maximum absolute atomic E-state index is 5.62. The average Bonchev–Trinajstić information content (AvgIpc) is 2.64. The van der Waals surface area contributed by atoms with Crippen LogP contribution >= 0.6 is 15.9 Å². The Balaban J connectivity index is 2.41. The van der Waals surface area contributed by atoms with Crippen LogP contribution in [-0.2, 0) is 0 Å². The van der Waals surface area contributed by atoms with Gasteiger partial charge in [0.25, 0.3) is 0 Å². The normalized spacial score (nSPS) is 12.7. The van der Waals surface area contributed by atoms with Gasteiger partial charge in [0.05, 0.1) is 0 Å². The van der Waals surface area contributed by atoms with Gasteiger partial charge in [-0.2, -0.15) is 0 Å². The van der Waals surface area contributed by atoms with Crippen molar-refractivity contribution >= 4 is 15.9 Å². The van der Waals surface area contributed by atoms with Crippen molar-refractivity contribution in [1.82, 2.24) is 5.43 Å². The molecular formula is C13H15BrN2O. The molecule has 0 spiro atoms. The van der Waals surface area contributed by atoms with Gasteiger partial charge in [-0.25, -0.2) is 5.43 Å². The highest BCUT2D eigenvalue weighted by molar-refractivity contribution is 9.10.